The molecular weight excluding hydrogens is 395 g/mol. The van der Waals surface area contributed by atoms with E-state index in [4.69, 9.17) is 23.7 Å². The zero-order valence-corrected chi connectivity index (χ0v) is 19.7. The van der Waals surface area contributed by atoms with Gasteiger partial charge in [-0.25, -0.2) is 4.39 Å². The van der Waals surface area contributed by atoms with Crippen molar-refractivity contribution in [2.45, 2.75) is 53.3 Å². The predicted molar refractivity (Wildman–Crippen MR) is 121 cm³/mol. The molecule has 0 aliphatic heterocycles. The van der Waals surface area contributed by atoms with Crippen LogP contribution in [0.25, 0.3) is 0 Å². The number of carbonyl (C=O) groups excluding carboxylic acids is 1. The number of hydrogen-bond acceptors (Lipinski definition) is 7. The van der Waals surface area contributed by atoms with Gasteiger partial charge in [-0.2, -0.15) is 0 Å². The molecule has 0 aromatic heterocycles. The summed E-state index contributed by atoms with van der Waals surface area (Å²) in [6.45, 7) is 15.4. The first kappa shape index (κ1) is 31.3. The van der Waals surface area contributed by atoms with E-state index < -0.39 is 12.3 Å². The summed E-state index contributed by atoms with van der Waals surface area (Å²) in [7, 11) is 0. The molecule has 2 atom stereocenters. The Hall–Kier alpha value is -0.840. The van der Waals surface area contributed by atoms with Gasteiger partial charge in [0.1, 0.15) is 6.17 Å². The molecule has 0 radical (unpaired) electrons. The van der Waals surface area contributed by atoms with Crippen LogP contribution in [0.4, 0.5) is 4.39 Å². The van der Waals surface area contributed by atoms with Crippen LogP contribution >= 0.6 is 0 Å². The van der Waals surface area contributed by atoms with Crippen molar-refractivity contribution in [2.75, 3.05) is 79.1 Å². The summed E-state index contributed by atoms with van der Waals surface area (Å²) in [5.74, 6) is -0.257. The number of hydrogen-bond donors (Lipinski definition) is 2. The fourth-order valence-electron chi connectivity index (χ4n) is 2.01. The number of nitrogens with one attached hydrogen (secondary N) is 2. The topological polar surface area (TPSA) is 87.3 Å². The van der Waals surface area contributed by atoms with Gasteiger partial charge in [-0.15, -0.1) is 0 Å². The van der Waals surface area contributed by atoms with Gasteiger partial charge in [0.2, 0.25) is 5.91 Å². The van der Waals surface area contributed by atoms with E-state index in [2.05, 4.69) is 17.6 Å². The molecule has 0 saturated heterocycles. The van der Waals surface area contributed by atoms with Crippen LogP contribution in [-0.4, -0.2) is 97.3 Å². The van der Waals surface area contributed by atoms with E-state index in [0.29, 0.717) is 59.5 Å². The first-order valence-corrected chi connectivity index (χ1v) is 11.1. The summed E-state index contributed by atoms with van der Waals surface area (Å²) >= 11 is 0. The molecule has 0 fully saturated rings. The SMILES string of the molecule is CC.CCCNCCOCCOCCOCCOCCOC(C)C(F)CNC(C)=O.[HH].[HH]. The lowest BCUT2D eigenvalue weighted by Gasteiger charge is -2.17. The fourth-order valence-corrected chi connectivity index (χ4v) is 2.01. The standard InChI is InChI=1S/C19H39FN2O6.C2H6.2H2/c1-4-5-21-6-7-24-8-9-25-10-11-26-12-13-27-14-15-28-17(2)19(20)16-22-18(3)23;1-2;;/h17,19,21H,4-16H2,1-3H3,(H,22,23);1-2H3;2*1H. The Morgan fingerprint density at radius 2 is 1.33 bits per heavy atom. The van der Waals surface area contributed by atoms with E-state index in [0.717, 1.165) is 19.5 Å². The number of alkyl halides is 1. The highest BCUT2D eigenvalue weighted by Crippen LogP contribution is 2.02. The Balaban J connectivity index is -0.000000950. The molecule has 9 heteroatoms. The Bertz CT molecular complexity index is 364. The van der Waals surface area contributed by atoms with E-state index in [-0.39, 0.29) is 15.3 Å². The number of halogens is 1. The first-order chi connectivity index (χ1) is 14.6. The second-order valence-corrected chi connectivity index (χ2v) is 6.23. The van der Waals surface area contributed by atoms with Gasteiger partial charge < -0.3 is 34.3 Å². The molecule has 0 aliphatic rings. The molecule has 2 N–H and O–H groups in total. The summed E-state index contributed by atoms with van der Waals surface area (Å²) in [5.41, 5.74) is 0. The van der Waals surface area contributed by atoms with Gasteiger partial charge in [0.05, 0.1) is 72.1 Å². The average Bonchev–Trinajstić information content (AvgIpc) is 2.75. The summed E-state index contributed by atoms with van der Waals surface area (Å²) in [6.07, 6.45) is -0.710. The molecule has 30 heavy (non-hydrogen) atoms. The van der Waals surface area contributed by atoms with E-state index in [1.807, 2.05) is 13.8 Å². The minimum atomic E-state index is -1.24. The molecule has 0 heterocycles. The molecule has 0 saturated carbocycles. The highest BCUT2D eigenvalue weighted by Gasteiger charge is 2.16. The molecule has 8 nitrogen and oxygen atoms in total. The van der Waals surface area contributed by atoms with Gasteiger partial charge in [-0.1, -0.05) is 20.8 Å². The maximum Gasteiger partial charge on any atom is 0.216 e. The van der Waals surface area contributed by atoms with Crippen molar-refractivity contribution in [3.05, 3.63) is 0 Å². The molecule has 186 valence electrons. The van der Waals surface area contributed by atoms with E-state index in [1.54, 1.807) is 6.92 Å². The van der Waals surface area contributed by atoms with E-state index in [9.17, 15) is 9.18 Å². The lowest BCUT2D eigenvalue weighted by Crippen LogP contribution is -2.35. The van der Waals surface area contributed by atoms with Crippen molar-refractivity contribution >= 4 is 5.91 Å². The van der Waals surface area contributed by atoms with Crippen molar-refractivity contribution in [3.63, 3.8) is 0 Å². The van der Waals surface area contributed by atoms with E-state index in [1.165, 1.54) is 6.92 Å². The zero-order chi connectivity index (χ0) is 22.9. The third kappa shape index (κ3) is 25.2. The summed E-state index contributed by atoms with van der Waals surface area (Å²) in [4.78, 5) is 10.7. The number of ether oxygens (including phenoxy) is 5. The summed E-state index contributed by atoms with van der Waals surface area (Å²) in [6, 6.07) is 0. The predicted octanol–water partition coefficient (Wildman–Crippen LogP) is 2.45. The molecule has 2 unspecified atom stereocenters. The monoisotopic (exact) mass is 444 g/mol. The van der Waals surface area contributed by atoms with Crippen molar-refractivity contribution < 1.29 is 35.7 Å². The summed E-state index contributed by atoms with van der Waals surface area (Å²) < 4.78 is 40.5. The minimum Gasteiger partial charge on any atom is -0.378 e. The lowest BCUT2D eigenvalue weighted by molar-refractivity contribution is -0.119. The van der Waals surface area contributed by atoms with Gasteiger partial charge >= 0.3 is 0 Å². The van der Waals surface area contributed by atoms with Crippen LogP contribution in [0.3, 0.4) is 0 Å². The second-order valence-electron chi connectivity index (χ2n) is 6.23. The van der Waals surface area contributed by atoms with Crippen molar-refractivity contribution in [2.24, 2.45) is 0 Å². The van der Waals surface area contributed by atoms with Gasteiger partial charge in [-0.3, -0.25) is 4.79 Å². The van der Waals surface area contributed by atoms with Crippen LogP contribution in [0.2, 0.25) is 0 Å². The van der Waals surface area contributed by atoms with Crippen LogP contribution in [-0.2, 0) is 28.5 Å². The number of amides is 1. The molecule has 0 rings (SSSR count). The minimum absolute atomic E-state index is 0. The van der Waals surface area contributed by atoms with Gasteiger partial charge in [0.15, 0.2) is 0 Å². The highest BCUT2D eigenvalue weighted by atomic mass is 19.1. The Morgan fingerprint density at radius 1 is 0.867 bits per heavy atom. The van der Waals surface area contributed by atoms with Gasteiger partial charge in [0.25, 0.3) is 0 Å². The normalized spacial score (nSPS) is 12.7. The van der Waals surface area contributed by atoms with Crippen LogP contribution in [0, 0.1) is 0 Å². The third-order valence-corrected chi connectivity index (χ3v) is 3.63. The van der Waals surface area contributed by atoms with Gasteiger partial charge in [0, 0.05) is 16.3 Å². The average molecular weight is 445 g/mol. The molecule has 0 bridgehead atoms. The van der Waals surface area contributed by atoms with Crippen molar-refractivity contribution in [3.8, 4) is 0 Å². The van der Waals surface area contributed by atoms with Crippen LogP contribution in [0.15, 0.2) is 0 Å². The second kappa shape index (κ2) is 26.2. The van der Waals surface area contributed by atoms with Gasteiger partial charge in [-0.05, 0) is 19.9 Å². The Morgan fingerprint density at radius 3 is 1.80 bits per heavy atom. The maximum atomic E-state index is 13.6. The fraction of sp³-hybridized carbons (Fsp3) is 0.952. The number of rotatable bonds is 21. The molecule has 0 aromatic carbocycles. The number of carbonyl (C=O) groups is 1. The molecular formula is C21H49FN2O6. The highest BCUT2D eigenvalue weighted by molar-refractivity contribution is 5.72. The van der Waals surface area contributed by atoms with Crippen LogP contribution in [0.1, 0.15) is 43.9 Å². The molecule has 0 aromatic rings. The smallest absolute Gasteiger partial charge is 0.216 e. The zero-order valence-electron chi connectivity index (χ0n) is 19.7. The van der Waals surface area contributed by atoms with Crippen LogP contribution < -0.4 is 10.6 Å². The maximum absolute atomic E-state index is 13.6. The molecule has 0 spiro atoms. The summed E-state index contributed by atoms with van der Waals surface area (Å²) in [5, 5.41) is 5.68. The van der Waals surface area contributed by atoms with E-state index >= 15 is 0 Å². The Labute approximate surface area is 185 Å². The first-order valence-electron chi connectivity index (χ1n) is 11.1. The quantitative estimate of drug-likeness (QED) is 0.263. The lowest BCUT2D eigenvalue weighted by atomic mass is 10.2. The van der Waals surface area contributed by atoms with Crippen molar-refractivity contribution in [1.82, 2.24) is 10.6 Å². The van der Waals surface area contributed by atoms with Crippen molar-refractivity contribution in [1.29, 1.82) is 0 Å². The van der Waals surface area contributed by atoms with Crippen LogP contribution in [0.5, 0.6) is 0 Å². The molecule has 1 amide bonds. The largest absolute Gasteiger partial charge is 0.378 e. The Kier molecular flexibility index (Phi) is 27.4. The molecule has 0 aliphatic carbocycles. The third-order valence-electron chi connectivity index (χ3n) is 3.63.